The molecule has 0 saturated heterocycles. The molecule has 0 aliphatic carbocycles. The van der Waals surface area contributed by atoms with Crippen molar-refractivity contribution in [2.45, 2.75) is 24.1 Å². The third kappa shape index (κ3) is 2.27. The average Bonchev–Trinajstić information content (AvgIpc) is 2.38. The largest absolute Gasteiger partial charge is 0.399 e. The number of nitrogens with zero attached hydrogens (tertiary/aromatic N) is 1. The average molecular weight is 317 g/mol. The summed E-state index contributed by atoms with van der Waals surface area (Å²) in [6, 6.07) is 3.55. The van der Waals surface area contributed by atoms with Crippen LogP contribution in [0, 0.1) is 5.82 Å². The van der Waals surface area contributed by atoms with Crippen LogP contribution in [0.5, 0.6) is 0 Å². The smallest absolute Gasteiger partial charge is 0.165 e. The number of rotatable bonds is 2. The van der Waals surface area contributed by atoms with Gasteiger partial charge in [-0.15, -0.1) is 0 Å². The molecule has 0 unspecified atom stereocenters. The highest BCUT2D eigenvalue weighted by Gasteiger charge is 2.51. The first-order valence-corrected chi connectivity index (χ1v) is 7.90. The number of amidine groups is 1. The summed E-state index contributed by atoms with van der Waals surface area (Å²) in [5.74, 6) is -1.67. The Morgan fingerprint density at radius 2 is 1.95 bits per heavy atom. The molecule has 1 atom stereocenters. The Morgan fingerprint density at radius 3 is 2.48 bits per heavy atom. The van der Waals surface area contributed by atoms with Crippen LogP contribution in [-0.4, -0.2) is 31.4 Å². The Balaban J connectivity index is 2.75. The highest BCUT2D eigenvalue weighted by atomic mass is 32.2. The number of nitrogens with two attached hydrogens (primary N) is 2. The van der Waals surface area contributed by atoms with Gasteiger partial charge in [-0.1, -0.05) is 0 Å². The van der Waals surface area contributed by atoms with Gasteiger partial charge in [0.15, 0.2) is 9.84 Å². The number of halogens is 2. The standard InChI is InChI=1S/C13H17F2N3O2S/c1-12(2)11(17)18-13(6-14,7-21(12,19)20)9-5-8(16)3-4-10(9)15/h3-5H,6-7,16H2,1-2H3,(H2,17,18)/t13-/m1/s1. The molecule has 0 spiro atoms. The molecular formula is C13H17F2N3O2S. The Bertz CT molecular complexity index is 716. The molecule has 8 heteroatoms. The normalized spacial score (nSPS) is 27.1. The fourth-order valence-electron chi connectivity index (χ4n) is 2.23. The van der Waals surface area contributed by atoms with Gasteiger partial charge >= 0.3 is 0 Å². The van der Waals surface area contributed by atoms with Crippen LogP contribution in [0.25, 0.3) is 0 Å². The lowest BCUT2D eigenvalue weighted by Gasteiger charge is -2.38. The number of anilines is 1. The minimum atomic E-state index is -3.81. The fourth-order valence-corrected chi connectivity index (χ4v) is 3.88. The van der Waals surface area contributed by atoms with Crippen molar-refractivity contribution in [3.05, 3.63) is 29.6 Å². The maximum Gasteiger partial charge on any atom is 0.165 e. The summed E-state index contributed by atoms with van der Waals surface area (Å²) in [4.78, 5) is 4.00. The van der Waals surface area contributed by atoms with E-state index in [-0.39, 0.29) is 17.1 Å². The van der Waals surface area contributed by atoms with Gasteiger partial charge in [0.1, 0.15) is 28.6 Å². The number of sulfone groups is 1. The lowest BCUT2D eigenvalue weighted by Crippen LogP contribution is -2.56. The molecule has 116 valence electrons. The van der Waals surface area contributed by atoms with Crippen LogP contribution in [0.15, 0.2) is 23.2 Å². The van der Waals surface area contributed by atoms with Gasteiger partial charge in [0.2, 0.25) is 0 Å². The van der Waals surface area contributed by atoms with Crippen molar-refractivity contribution >= 4 is 21.4 Å². The number of alkyl halides is 1. The Morgan fingerprint density at radius 1 is 1.33 bits per heavy atom. The van der Waals surface area contributed by atoms with Crippen molar-refractivity contribution in [1.29, 1.82) is 0 Å². The van der Waals surface area contributed by atoms with E-state index >= 15 is 0 Å². The van der Waals surface area contributed by atoms with Crippen LogP contribution < -0.4 is 11.5 Å². The predicted molar refractivity (Wildman–Crippen MR) is 78.0 cm³/mol. The van der Waals surface area contributed by atoms with E-state index in [0.717, 1.165) is 6.07 Å². The second-order valence-corrected chi connectivity index (χ2v) is 8.21. The highest BCUT2D eigenvalue weighted by molar-refractivity contribution is 7.93. The van der Waals surface area contributed by atoms with Crippen LogP contribution in [0.3, 0.4) is 0 Å². The van der Waals surface area contributed by atoms with Gasteiger partial charge < -0.3 is 11.5 Å². The zero-order valence-corrected chi connectivity index (χ0v) is 12.5. The van der Waals surface area contributed by atoms with Crippen molar-refractivity contribution in [1.82, 2.24) is 0 Å². The second-order valence-electron chi connectivity index (χ2n) is 5.67. The molecule has 2 rings (SSSR count). The molecule has 1 aliphatic rings. The fraction of sp³-hybridized carbons (Fsp3) is 0.462. The molecule has 0 fully saturated rings. The topological polar surface area (TPSA) is 98.5 Å². The molecule has 21 heavy (non-hydrogen) atoms. The minimum Gasteiger partial charge on any atom is -0.399 e. The van der Waals surface area contributed by atoms with Crippen LogP contribution in [0.1, 0.15) is 19.4 Å². The minimum absolute atomic E-state index is 0.190. The predicted octanol–water partition coefficient (Wildman–Crippen LogP) is 1.14. The van der Waals surface area contributed by atoms with E-state index in [2.05, 4.69) is 4.99 Å². The molecular weight excluding hydrogens is 300 g/mol. The van der Waals surface area contributed by atoms with E-state index in [0.29, 0.717) is 0 Å². The van der Waals surface area contributed by atoms with E-state index in [1.54, 1.807) is 0 Å². The summed E-state index contributed by atoms with van der Waals surface area (Å²) in [5, 5.41) is 0. The van der Waals surface area contributed by atoms with Gasteiger partial charge in [0.05, 0.1) is 5.75 Å². The molecule has 1 aromatic rings. The first-order chi connectivity index (χ1) is 9.56. The van der Waals surface area contributed by atoms with Gasteiger partial charge in [-0.3, -0.25) is 4.99 Å². The summed E-state index contributed by atoms with van der Waals surface area (Å²) in [6.45, 7) is 1.58. The van der Waals surface area contributed by atoms with Gasteiger partial charge in [0.25, 0.3) is 0 Å². The van der Waals surface area contributed by atoms with E-state index in [1.807, 2.05) is 0 Å². The van der Waals surface area contributed by atoms with Crippen LogP contribution in [0.4, 0.5) is 14.5 Å². The van der Waals surface area contributed by atoms with E-state index in [1.165, 1.54) is 26.0 Å². The summed E-state index contributed by atoms with van der Waals surface area (Å²) < 4.78 is 51.0. The summed E-state index contributed by atoms with van der Waals surface area (Å²) >= 11 is 0. The van der Waals surface area contributed by atoms with Crippen molar-refractivity contribution in [3.8, 4) is 0 Å². The molecule has 1 heterocycles. The summed E-state index contributed by atoms with van der Waals surface area (Å²) in [5.41, 5.74) is 9.40. The molecule has 0 saturated carbocycles. The van der Waals surface area contributed by atoms with Gasteiger partial charge in [0, 0.05) is 11.3 Å². The zero-order chi connectivity index (χ0) is 16.1. The number of benzene rings is 1. The SMILES string of the molecule is CC1(C)C(N)=N[C@@](CF)(c2cc(N)ccc2F)CS1(=O)=O. The van der Waals surface area contributed by atoms with Crippen LogP contribution in [-0.2, 0) is 15.4 Å². The Labute approximate surface area is 122 Å². The second kappa shape index (κ2) is 4.66. The highest BCUT2D eigenvalue weighted by Crippen LogP contribution is 2.39. The summed E-state index contributed by atoms with van der Waals surface area (Å²) in [7, 11) is -3.81. The molecule has 4 N–H and O–H groups in total. The van der Waals surface area contributed by atoms with Gasteiger partial charge in [-0.05, 0) is 32.0 Å². The van der Waals surface area contributed by atoms with Crippen LogP contribution in [0.2, 0.25) is 0 Å². The number of hydrogen-bond acceptors (Lipinski definition) is 5. The van der Waals surface area contributed by atoms with E-state index in [9.17, 15) is 17.2 Å². The van der Waals surface area contributed by atoms with Crippen molar-refractivity contribution in [2.75, 3.05) is 18.2 Å². The van der Waals surface area contributed by atoms with Crippen LogP contribution >= 0.6 is 0 Å². The maximum absolute atomic E-state index is 14.0. The lowest BCUT2D eigenvalue weighted by atomic mass is 9.92. The monoisotopic (exact) mass is 317 g/mol. The molecule has 0 bridgehead atoms. The molecule has 1 aliphatic heterocycles. The van der Waals surface area contributed by atoms with E-state index in [4.69, 9.17) is 11.5 Å². The number of aliphatic imine (C=N–C) groups is 1. The van der Waals surface area contributed by atoms with Crippen molar-refractivity contribution in [3.63, 3.8) is 0 Å². The summed E-state index contributed by atoms with van der Waals surface area (Å²) in [6.07, 6.45) is 0. The molecule has 1 aromatic carbocycles. The third-order valence-corrected chi connectivity index (χ3v) is 6.49. The molecule has 5 nitrogen and oxygen atoms in total. The first kappa shape index (κ1) is 15.7. The number of hydrogen-bond donors (Lipinski definition) is 2. The maximum atomic E-state index is 14.0. The first-order valence-electron chi connectivity index (χ1n) is 6.25. The molecule has 0 radical (unpaired) electrons. The zero-order valence-electron chi connectivity index (χ0n) is 11.7. The van der Waals surface area contributed by atoms with E-state index < -0.39 is 38.4 Å². The molecule has 0 amide bonds. The molecule has 0 aromatic heterocycles. The Hall–Kier alpha value is -1.70. The third-order valence-electron chi connectivity index (χ3n) is 3.87. The van der Waals surface area contributed by atoms with Gasteiger partial charge in [-0.25, -0.2) is 17.2 Å². The number of nitrogen functional groups attached to an aromatic ring is 1. The quantitative estimate of drug-likeness (QED) is 0.799. The van der Waals surface area contributed by atoms with Crippen molar-refractivity contribution < 1.29 is 17.2 Å². The lowest BCUT2D eigenvalue weighted by molar-refractivity contribution is 0.324. The Kier molecular flexibility index (Phi) is 3.48. The van der Waals surface area contributed by atoms with Crippen molar-refractivity contribution in [2.24, 2.45) is 10.7 Å². The van der Waals surface area contributed by atoms with Gasteiger partial charge in [-0.2, -0.15) is 0 Å².